The summed E-state index contributed by atoms with van der Waals surface area (Å²) in [5.41, 5.74) is 1.75. The zero-order valence-electron chi connectivity index (χ0n) is 15.2. The monoisotopic (exact) mass is 371 g/mol. The summed E-state index contributed by atoms with van der Waals surface area (Å²) >= 11 is 0. The first-order chi connectivity index (χ1) is 13.0. The third-order valence-corrected chi connectivity index (χ3v) is 4.13. The van der Waals surface area contributed by atoms with Crippen LogP contribution in [-0.4, -0.2) is 66.4 Å². The molecule has 0 bridgehead atoms. The van der Waals surface area contributed by atoms with E-state index in [9.17, 15) is 14.4 Å². The van der Waals surface area contributed by atoms with Crippen molar-refractivity contribution < 1.29 is 19.1 Å². The number of carbonyl (C=O) groups excluding carboxylic acids is 3. The van der Waals surface area contributed by atoms with Crippen LogP contribution in [0.5, 0.6) is 5.75 Å². The minimum Gasteiger partial charge on any atom is -0.482 e. The van der Waals surface area contributed by atoms with Crippen molar-refractivity contribution in [1.29, 1.82) is 0 Å². The van der Waals surface area contributed by atoms with E-state index in [0.29, 0.717) is 30.0 Å². The quantitative estimate of drug-likeness (QED) is 0.754. The molecule has 0 spiro atoms. The molecule has 0 saturated heterocycles. The molecular weight excluding hydrogens is 350 g/mol. The molecule has 2 heterocycles. The zero-order valence-corrected chi connectivity index (χ0v) is 15.2. The summed E-state index contributed by atoms with van der Waals surface area (Å²) in [6.45, 7) is 0.138. The number of ether oxygens (including phenoxy) is 1. The zero-order chi connectivity index (χ0) is 19.4. The average molecular weight is 371 g/mol. The standard InChI is InChI=1S/C18H21N5O4/c1-22(2)18(26)12-3-4-15-14(7-12)23(17(25)10-27-15)9-16(24)20-6-5-13-8-19-11-21-13/h3-4,7-8,11H,5-6,9-10H2,1-2H3,(H,19,21)(H,20,24). The van der Waals surface area contributed by atoms with Crippen LogP contribution < -0.4 is 15.0 Å². The van der Waals surface area contributed by atoms with Crippen molar-refractivity contribution in [2.45, 2.75) is 6.42 Å². The molecule has 2 aromatic rings. The van der Waals surface area contributed by atoms with E-state index in [1.54, 1.807) is 44.8 Å². The number of H-pyrrole nitrogens is 1. The Morgan fingerprint density at radius 2 is 2.19 bits per heavy atom. The highest BCUT2D eigenvalue weighted by Gasteiger charge is 2.28. The molecule has 9 nitrogen and oxygen atoms in total. The van der Waals surface area contributed by atoms with Crippen LogP contribution in [0.3, 0.4) is 0 Å². The number of fused-ring (bicyclic) bond motifs is 1. The summed E-state index contributed by atoms with van der Waals surface area (Å²) in [7, 11) is 3.29. The fourth-order valence-electron chi connectivity index (χ4n) is 2.72. The molecule has 0 fully saturated rings. The highest BCUT2D eigenvalue weighted by Crippen LogP contribution is 2.33. The molecule has 0 radical (unpaired) electrons. The Kier molecular flexibility index (Phi) is 5.39. The summed E-state index contributed by atoms with van der Waals surface area (Å²) < 4.78 is 5.41. The lowest BCUT2D eigenvalue weighted by atomic mass is 10.1. The van der Waals surface area contributed by atoms with E-state index in [4.69, 9.17) is 4.74 Å². The minimum atomic E-state index is -0.333. The highest BCUT2D eigenvalue weighted by molar-refractivity contribution is 6.04. The number of nitrogens with one attached hydrogen (secondary N) is 2. The Hall–Kier alpha value is -3.36. The molecule has 0 atom stereocenters. The third kappa shape index (κ3) is 4.25. The van der Waals surface area contributed by atoms with Gasteiger partial charge in [-0.05, 0) is 18.2 Å². The van der Waals surface area contributed by atoms with Crippen LogP contribution in [0.15, 0.2) is 30.7 Å². The second-order valence-corrected chi connectivity index (χ2v) is 6.33. The summed E-state index contributed by atoms with van der Waals surface area (Å²) in [5.74, 6) is -0.351. The Labute approximate surface area is 156 Å². The fourth-order valence-corrected chi connectivity index (χ4v) is 2.72. The minimum absolute atomic E-state index is 0.141. The lowest BCUT2D eigenvalue weighted by Gasteiger charge is -2.29. The normalized spacial score (nSPS) is 13.0. The predicted molar refractivity (Wildman–Crippen MR) is 97.6 cm³/mol. The van der Waals surface area contributed by atoms with Crippen LogP contribution in [0, 0.1) is 0 Å². The van der Waals surface area contributed by atoms with Crippen LogP contribution in [0.25, 0.3) is 0 Å². The van der Waals surface area contributed by atoms with E-state index in [-0.39, 0.29) is 30.9 Å². The number of carbonyl (C=O) groups is 3. The number of imidazole rings is 1. The Bertz CT molecular complexity index is 847. The topological polar surface area (TPSA) is 108 Å². The fraction of sp³-hybridized carbons (Fsp3) is 0.333. The molecule has 27 heavy (non-hydrogen) atoms. The molecule has 1 aromatic carbocycles. The van der Waals surface area contributed by atoms with Crippen molar-refractivity contribution in [2.24, 2.45) is 0 Å². The van der Waals surface area contributed by atoms with Crippen molar-refractivity contribution in [1.82, 2.24) is 20.2 Å². The molecule has 3 amide bonds. The predicted octanol–water partition coefficient (Wildman–Crippen LogP) is 0.196. The van der Waals surface area contributed by atoms with E-state index in [2.05, 4.69) is 15.3 Å². The second-order valence-electron chi connectivity index (χ2n) is 6.33. The van der Waals surface area contributed by atoms with Gasteiger partial charge in [-0.15, -0.1) is 0 Å². The smallest absolute Gasteiger partial charge is 0.265 e. The summed E-state index contributed by atoms with van der Waals surface area (Å²) in [4.78, 5) is 46.4. The number of nitrogens with zero attached hydrogens (tertiary/aromatic N) is 3. The van der Waals surface area contributed by atoms with Crippen molar-refractivity contribution >= 4 is 23.4 Å². The highest BCUT2D eigenvalue weighted by atomic mass is 16.5. The number of aromatic amines is 1. The Balaban J connectivity index is 1.69. The molecule has 3 rings (SSSR count). The Morgan fingerprint density at radius 1 is 1.37 bits per heavy atom. The number of anilines is 1. The van der Waals surface area contributed by atoms with Gasteiger partial charge in [0.1, 0.15) is 12.3 Å². The van der Waals surface area contributed by atoms with E-state index in [1.807, 2.05) is 0 Å². The Morgan fingerprint density at radius 3 is 2.89 bits per heavy atom. The SMILES string of the molecule is CN(C)C(=O)c1ccc2c(c1)N(CC(=O)NCCc1cnc[nH]1)C(=O)CO2. The number of benzene rings is 1. The van der Waals surface area contributed by atoms with Gasteiger partial charge in [0.05, 0.1) is 12.0 Å². The molecule has 142 valence electrons. The van der Waals surface area contributed by atoms with E-state index in [0.717, 1.165) is 5.69 Å². The van der Waals surface area contributed by atoms with Gasteiger partial charge in [-0.1, -0.05) is 0 Å². The molecule has 1 aliphatic heterocycles. The number of aromatic nitrogens is 2. The van der Waals surface area contributed by atoms with E-state index < -0.39 is 0 Å². The lowest BCUT2D eigenvalue weighted by Crippen LogP contribution is -2.45. The summed E-state index contributed by atoms with van der Waals surface area (Å²) in [6, 6.07) is 4.86. The van der Waals surface area contributed by atoms with Gasteiger partial charge in [-0.2, -0.15) is 0 Å². The summed E-state index contributed by atoms with van der Waals surface area (Å²) in [5, 5.41) is 2.78. The maximum absolute atomic E-state index is 12.3. The van der Waals surface area contributed by atoms with Gasteiger partial charge in [0.2, 0.25) is 5.91 Å². The molecule has 1 aromatic heterocycles. The number of hydrogen-bond donors (Lipinski definition) is 2. The molecule has 0 saturated carbocycles. The first kappa shape index (κ1) is 18.4. The van der Waals surface area contributed by atoms with Crippen molar-refractivity contribution in [2.75, 3.05) is 38.7 Å². The van der Waals surface area contributed by atoms with Gasteiger partial charge in [0, 0.05) is 44.5 Å². The van der Waals surface area contributed by atoms with Gasteiger partial charge < -0.3 is 19.9 Å². The maximum Gasteiger partial charge on any atom is 0.265 e. The van der Waals surface area contributed by atoms with Gasteiger partial charge in [0.25, 0.3) is 11.8 Å². The number of rotatable bonds is 6. The van der Waals surface area contributed by atoms with Crippen LogP contribution >= 0.6 is 0 Å². The van der Waals surface area contributed by atoms with Gasteiger partial charge in [0.15, 0.2) is 6.61 Å². The molecule has 0 unspecified atom stereocenters. The maximum atomic E-state index is 12.3. The first-order valence-electron chi connectivity index (χ1n) is 8.48. The van der Waals surface area contributed by atoms with Crippen LogP contribution in [0.4, 0.5) is 5.69 Å². The van der Waals surface area contributed by atoms with Gasteiger partial charge >= 0.3 is 0 Å². The number of hydrogen-bond acceptors (Lipinski definition) is 5. The number of amides is 3. The van der Waals surface area contributed by atoms with Crippen LogP contribution in [0.2, 0.25) is 0 Å². The van der Waals surface area contributed by atoms with Crippen LogP contribution in [-0.2, 0) is 16.0 Å². The molecule has 0 aliphatic carbocycles. The first-order valence-corrected chi connectivity index (χ1v) is 8.48. The second kappa shape index (κ2) is 7.90. The van der Waals surface area contributed by atoms with Gasteiger partial charge in [-0.25, -0.2) is 4.98 Å². The molecule has 9 heteroatoms. The third-order valence-electron chi connectivity index (χ3n) is 4.13. The van der Waals surface area contributed by atoms with Crippen molar-refractivity contribution in [3.63, 3.8) is 0 Å². The van der Waals surface area contributed by atoms with E-state index in [1.165, 1.54) is 9.80 Å². The van der Waals surface area contributed by atoms with Crippen molar-refractivity contribution in [3.05, 3.63) is 42.0 Å². The van der Waals surface area contributed by atoms with Crippen LogP contribution in [0.1, 0.15) is 16.1 Å². The largest absolute Gasteiger partial charge is 0.482 e. The molecule has 1 aliphatic rings. The average Bonchev–Trinajstić information content (AvgIpc) is 3.16. The van der Waals surface area contributed by atoms with Gasteiger partial charge in [-0.3, -0.25) is 19.3 Å². The van der Waals surface area contributed by atoms with E-state index >= 15 is 0 Å². The van der Waals surface area contributed by atoms with Crippen molar-refractivity contribution in [3.8, 4) is 5.75 Å². The lowest BCUT2D eigenvalue weighted by molar-refractivity contribution is -0.125. The molecular formula is C18H21N5O4. The summed E-state index contributed by atoms with van der Waals surface area (Å²) in [6.07, 6.45) is 3.88. The molecule has 2 N–H and O–H groups in total.